The van der Waals surface area contributed by atoms with E-state index in [0.29, 0.717) is 5.92 Å². The lowest BCUT2D eigenvalue weighted by molar-refractivity contribution is 0.132. The molecular weight excluding hydrogens is 186 g/mol. The summed E-state index contributed by atoms with van der Waals surface area (Å²) >= 11 is 0. The van der Waals surface area contributed by atoms with Crippen molar-refractivity contribution in [3.8, 4) is 0 Å². The van der Waals surface area contributed by atoms with Crippen LogP contribution in [0, 0.1) is 5.92 Å². The summed E-state index contributed by atoms with van der Waals surface area (Å²) in [7, 11) is 3.11. The van der Waals surface area contributed by atoms with Crippen molar-refractivity contribution >= 4 is 21.6 Å². The molecule has 0 saturated carbocycles. The molecule has 0 aliphatic heterocycles. The fourth-order valence-electron chi connectivity index (χ4n) is 0.722. The van der Waals surface area contributed by atoms with Crippen LogP contribution in [0.5, 0.6) is 0 Å². The molecule has 1 unspecified atom stereocenters. The Labute approximate surface area is 74.9 Å². The molecule has 1 atom stereocenters. The van der Waals surface area contributed by atoms with Crippen LogP contribution in [0.2, 0.25) is 0 Å². The van der Waals surface area contributed by atoms with Crippen LogP contribution in [0.15, 0.2) is 0 Å². The predicted molar refractivity (Wildman–Crippen MR) is 50.4 cm³/mol. The Morgan fingerprint density at radius 2 is 1.82 bits per heavy atom. The van der Waals surface area contributed by atoms with Gasteiger partial charge in [0.05, 0.1) is 0 Å². The van der Waals surface area contributed by atoms with Gasteiger partial charge in [-0.3, -0.25) is 0 Å². The molecular formula is C7H14F2S2. The highest BCUT2D eigenvalue weighted by Crippen LogP contribution is 2.32. The zero-order chi connectivity index (χ0) is 8.85. The van der Waals surface area contributed by atoms with Crippen molar-refractivity contribution in [2.75, 3.05) is 6.26 Å². The molecule has 0 fully saturated rings. The Morgan fingerprint density at radius 3 is 2.09 bits per heavy atom. The van der Waals surface area contributed by atoms with Crippen molar-refractivity contribution in [1.29, 1.82) is 0 Å². The van der Waals surface area contributed by atoms with E-state index < -0.39 is 6.43 Å². The lowest BCUT2D eigenvalue weighted by Crippen LogP contribution is -2.13. The van der Waals surface area contributed by atoms with Crippen molar-refractivity contribution in [2.45, 2.75) is 31.9 Å². The van der Waals surface area contributed by atoms with E-state index in [2.05, 4.69) is 0 Å². The van der Waals surface area contributed by atoms with E-state index in [1.807, 2.05) is 20.1 Å². The third-order valence-electron chi connectivity index (χ3n) is 1.37. The van der Waals surface area contributed by atoms with Gasteiger partial charge >= 0.3 is 0 Å². The van der Waals surface area contributed by atoms with Gasteiger partial charge in [-0.15, -0.1) is 0 Å². The number of alkyl halides is 2. The molecule has 0 spiro atoms. The van der Waals surface area contributed by atoms with Gasteiger partial charge < -0.3 is 0 Å². The van der Waals surface area contributed by atoms with E-state index >= 15 is 0 Å². The molecule has 0 aromatic carbocycles. The molecule has 0 heterocycles. The van der Waals surface area contributed by atoms with Crippen molar-refractivity contribution in [2.24, 2.45) is 5.92 Å². The van der Waals surface area contributed by atoms with Crippen molar-refractivity contribution in [3.63, 3.8) is 0 Å². The second kappa shape index (κ2) is 6.12. The molecule has 0 N–H and O–H groups in total. The van der Waals surface area contributed by atoms with E-state index in [4.69, 9.17) is 0 Å². The van der Waals surface area contributed by atoms with Crippen LogP contribution in [-0.2, 0) is 0 Å². The normalized spacial score (nSPS) is 14.5. The summed E-state index contributed by atoms with van der Waals surface area (Å²) in [6.45, 7) is 3.96. The molecule has 0 aliphatic rings. The van der Waals surface area contributed by atoms with Gasteiger partial charge in [-0.2, -0.15) is 0 Å². The third kappa shape index (κ3) is 5.79. The molecule has 0 aliphatic carbocycles. The van der Waals surface area contributed by atoms with Gasteiger partial charge in [0, 0.05) is 11.7 Å². The maximum Gasteiger partial charge on any atom is 0.239 e. The van der Waals surface area contributed by atoms with Gasteiger partial charge in [0.15, 0.2) is 0 Å². The second-order valence-corrected chi connectivity index (χ2v) is 5.38. The first-order valence-corrected chi connectivity index (χ1v) is 6.17. The van der Waals surface area contributed by atoms with Gasteiger partial charge in [-0.1, -0.05) is 35.4 Å². The van der Waals surface area contributed by atoms with Crippen molar-refractivity contribution in [1.82, 2.24) is 0 Å². The molecule has 0 saturated heterocycles. The predicted octanol–water partition coefficient (Wildman–Crippen LogP) is 3.68. The number of rotatable bonds is 5. The number of hydrogen-bond acceptors (Lipinski definition) is 2. The summed E-state index contributed by atoms with van der Waals surface area (Å²) in [6, 6.07) is 0. The maximum absolute atomic E-state index is 11.9. The maximum atomic E-state index is 11.9. The molecule has 0 bridgehead atoms. The summed E-state index contributed by atoms with van der Waals surface area (Å²) in [4.78, 5) is 0. The zero-order valence-electron chi connectivity index (χ0n) is 7.01. The quantitative estimate of drug-likeness (QED) is 0.621. The van der Waals surface area contributed by atoms with Crippen molar-refractivity contribution in [3.05, 3.63) is 0 Å². The Balaban J connectivity index is 3.69. The summed E-state index contributed by atoms with van der Waals surface area (Å²) < 4.78 is 23.9. The van der Waals surface area contributed by atoms with E-state index in [9.17, 15) is 8.78 Å². The summed E-state index contributed by atoms with van der Waals surface area (Å²) in [5.74, 6) is 0.335. The van der Waals surface area contributed by atoms with Crippen LogP contribution in [0.4, 0.5) is 8.78 Å². The lowest BCUT2D eigenvalue weighted by atomic mass is 10.1. The first-order chi connectivity index (χ1) is 5.07. The van der Waals surface area contributed by atoms with E-state index in [1.54, 1.807) is 21.6 Å². The Bertz CT molecular complexity index is 96.4. The molecule has 0 aromatic heterocycles. The third-order valence-corrected chi connectivity index (χ3v) is 3.87. The minimum atomic E-state index is -2.16. The minimum Gasteiger partial charge on any atom is -0.210 e. The summed E-state index contributed by atoms with van der Waals surface area (Å²) in [5, 5.41) is 0.0880. The number of halogens is 2. The fraction of sp³-hybridized carbons (Fsp3) is 1.00. The van der Waals surface area contributed by atoms with Gasteiger partial charge in [0.1, 0.15) is 0 Å². The van der Waals surface area contributed by atoms with Crippen molar-refractivity contribution < 1.29 is 8.78 Å². The van der Waals surface area contributed by atoms with Gasteiger partial charge in [-0.05, 0) is 12.2 Å². The average molecular weight is 200 g/mol. The van der Waals surface area contributed by atoms with Crippen LogP contribution < -0.4 is 0 Å². The molecule has 68 valence electrons. The average Bonchev–Trinajstić information content (AvgIpc) is 1.86. The molecule has 4 heteroatoms. The fourth-order valence-corrected chi connectivity index (χ4v) is 3.06. The lowest BCUT2D eigenvalue weighted by Gasteiger charge is -2.17. The van der Waals surface area contributed by atoms with E-state index in [1.165, 1.54) is 0 Å². The minimum absolute atomic E-state index is 0.0170. The summed E-state index contributed by atoms with van der Waals surface area (Å²) in [5.41, 5.74) is 0. The Hall–Kier alpha value is 0.560. The van der Waals surface area contributed by atoms with Gasteiger partial charge in [0.25, 0.3) is 0 Å². The molecule has 0 rings (SSSR count). The van der Waals surface area contributed by atoms with Crippen LogP contribution in [0.25, 0.3) is 0 Å². The number of hydrogen-bond donors (Lipinski definition) is 0. The largest absolute Gasteiger partial charge is 0.239 e. The smallest absolute Gasteiger partial charge is 0.210 e. The molecule has 0 amide bonds. The molecule has 11 heavy (non-hydrogen) atoms. The van der Waals surface area contributed by atoms with Gasteiger partial charge in [0.2, 0.25) is 6.43 Å². The first kappa shape index (κ1) is 11.6. The molecule has 0 radical (unpaired) electrons. The first-order valence-electron chi connectivity index (χ1n) is 3.55. The zero-order valence-corrected chi connectivity index (χ0v) is 8.64. The standard InChI is InChI=1S/C7H14F2S2/c1-5(2)6(11-10-3)4-7(8)9/h5-7H,4H2,1-3H3. The van der Waals surface area contributed by atoms with Crippen LogP contribution in [0.1, 0.15) is 20.3 Å². The second-order valence-electron chi connectivity index (χ2n) is 2.67. The van der Waals surface area contributed by atoms with Crippen LogP contribution in [0.3, 0.4) is 0 Å². The topological polar surface area (TPSA) is 0 Å². The highest BCUT2D eigenvalue weighted by Gasteiger charge is 2.18. The Morgan fingerprint density at radius 1 is 1.27 bits per heavy atom. The molecule has 0 aromatic rings. The Kier molecular flexibility index (Phi) is 6.43. The highest BCUT2D eigenvalue weighted by molar-refractivity contribution is 8.76. The van der Waals surface area contributed by atoms with Crippen LogP contribution in [-0.4, -0.2) is 17.9 Å². The molecule has 0 nitrogen and oxygen atoms in total. The summed E-state index contributed by atoms with van der Waals surface area (Å²) in [6.07, 6.45) is -0.226. The van der Waals surface area contributed by atoms with E-state index in [-0.39, 0.29) is 11.7 Å². The SMILES string of the molecule is CSSC(CC(F)F)C(C)C. The van der Waals surface area contributed by atoms with Gasteiger partial charge in [-0.25, -0.2) is 8.78 Å². The van der Waals surface area contributed by atoms with E-state index in [0.717, 1.165) is 0 Å². The van der Waals surface area contributed by atoms with Crippen LogP contribution >= 0.6 is 21.6 Å². The highest BCUT2D eigenvalue weighted by atomic mass is 33.1. The monoisotopic (exact) mass is 200 g/mol.